The predicted molar refractivity (Wildman–Crippen MR) is 111 cm³/mol. The first kappa shape index (κ1) is 18.5. The number of hydrogen-bond donors (Lipinski definition) is 1. The number of aryl methyl sites for hydroxylation is 1. The van der Waals surface area contributed by atoms with Crippen LogP contribution < -0.4 is 10.5 Å². The van der Waals surface area contributed by atoms with Gasteiger partial charge in [0.1, 0.15) is 0 Å². The van der Waals surface area contributed by atoms with E-state index in [-0.39, 0.29) is 11.5 Å². The minimum atomic E-state index is -0.160. The van der Waals surface area contributed by atoms with Crippen molar-refractivity contribution in [2.75, 3.05) is 11.9 Å². The molecule has 0 saturated heterocycles. The molecular weight excluding hydrogens is 414 g/mol. The van der Waals surface area contributed by atoms with Crippen molar-refractivity contribution < 1.29 is 4.79 Å². The van der Waals surface area contributed by atoms with Crippen LogP contribution in [0.15, 0.2) is 45.7 Å². The minimum absolute atomic E-state index is 0.151. The molecule has 0 bridgehead atoms. The van der Waals surface area contributed by atoms with Crippen molar-refractivity contribution in [1.82, 2.24) is 9.55 Å². The van der Waals surface area contributed by atoms with Gasteiger partial charge < -0.3 is 9.88 Å². The molecule has 1 N–H and O–H groups in total. The van der Waals surface area contributed by atoms with E-state index in [4.69, 9.17) is 12.2 Å². The van der Waals surface area contributed by atoms with Crippen molar-refractivity contribution in [3.05, 3.63) is 67.1 Å². The number of carbonyl (C=O) groups excluding carboxylic acids is 1. The zero-order valence-electron chi connectivity index (χ0n) is 14.7. The molecule has 0 spiro atoms. The number of nitrogens with zero attached hydrogens (tertiary/aromatic N) is 2. The van der Waals surface area contributed by atoms with Gasteiger partial charge in [0.2, 0.25) is 0 Å². The molecule has 7 heteroatoms. The molecule has 5 nitrogen and oxygen atoms in total. The van der Waals surface area contributed by atoms with E-state index in [1.807, 2.05) is 32.0 Å². The Morgan fingerprint density at radius 3 is 2.65 bits per heavy atom. The van der Waals surface area contributed by atoms with Crippen molar-refractivity contribution in [2.45, 2.75) is 20.4 Å². The van der Waals surface area contributed by atoms with Gasteiger partial charge in [0.15, 0.2) is 4.77 Å². The SMILES string of the molecule is CCn1c(=S)[nH]c2cc(C(=O)N(C)c3ccc(Br)c(C)c3)ccc2c1=O. The second-order valence-corrected chi connectivity index (χ2v) is 7.28. The van der Waals surface area contributed by atoms with Crippen molar-refractivity contribution in [3.63, 3.8) is 0 Å². The molecule has 3 aromatic rings. The lowest BCUT2D eigenvalue weighted by Crippen LogP contribution is -2.26. The number of benzene rings is 2. The van der Waals surface area contributed by atoms with Gasteiger partial charge in [-0.05, 0) is 68.0 Å². The molecule has 0 atom stereocenters. The van der Waals surface area contributed by atoms with Crippen LogP contribution in [-0.4, -0.2) is 22.5 Å². The zero-order valence-corrected chi connectivity index (χ0v) is 17.1. The van der Waals surface area contributed by atoms with Crippen LogP contribution >= 0.6 is 28.1 Å². The Hall–Kier alpha value is -2.25. The molecule has 1 aromatic heterocycles. The first-order valence-corrected chi connectivity index (χ1v) is 9.34. The van der Waals surface area contributed by atoms with Crippen LogP contribution in [0.3, 0.4) is 0 Å². The van der Waals surface area contributed by atoms with E-state index in [0.29, 0.717) is 27.8 Å². The smallest absolute Gasteiger partial charge is 0.262 e. The second kappa shape index (κ2) is 7.17. The summed E-state index contributed by atoms with van der Waals surface area (Å²) >= 11 is 8.70. The number of hydrogen-bond acceptors (Lipinski definition) is 3. The molecule has 26 heavy (non-hydrogen) atoms. The summed E-state index contributed by atoms with van der Waals surface area (Å²) in [5.74, 6) is -0.160. The summed E-state index contributed by atoms with van der Waals surface area (Å²) in [6.07, 6.45) is 0. The molecular formula is C19H18BrN3O2S. The van der Waals surface area contributed by atoms with E-state index in [0.717, 1.165) is 15.7 Å². The number of halogens is 1. The molecule has 0 unspecified atom stereocenters. The molecule has 1 amide bonds. The predicted octanol–water partition coefficient (Wildman–Crippen LogP) is 4.43. The normalized spacial score (nSPS) is 10.9. The third-order valence-corrected chi connectivity index (χ3v) is 5.59. The highest BCUT2D eigenvalue weighted by Gasteiger charge is 2.16. The molecule has 0 aliphatic carbocycles. The minimum Gasteiger partial charge on any atom is -0.332 e. The van der Waals surface area contributed by atoms with Crippen LogP contribution in [0.5, 0.6) is 0 Å². The molecule has 2 aromatic carbocycles. The third kappa shape index (κ3) is 3.24. The summed E-state index contributed by atoms with van der Waals surface area (Å²) in [6.45, 7) is 4.33. The lowest BCUT2D eigenvalue weighted by Gasteiger charge is -2.18. The third-order valence-electron chi connectivity index (χ3n) is 4.38. The highest BCUT2D eigenvalue weighted by atomic mass is 79.9. The van der Waals surface area contributed by atoms with Gasteiger partial charge in [0, 0.05) is 29.3 Å². The van der Waals surface area contributed by atoms with Gasteiger partial charge in [-0.2, -0.15) is 0 Å². The molecule has 0 saturated carbocycles. The molecule has 1 heterocycles. The van der Waals surface area contributed by atoms with Gasteiger partial charge in [0.25, 0.3) is 11.5 Å². The molecule has 0 aliphatic rings. The number of fused-ring (bicyclic) bond motifs is 1. The number of nitrogens with one attached hydrogen (secondary N) is 1. The fourth-order valence-electron chi connectivity index (χ4n) is 2.82. The van der Waals surface area contributed by atoms with Gasteiger partial charge in [-0.3, -0.25) is 14.2 Å². The van der Waals surface area contributed by atoms with Crippen LogP contribution in [0.4, 0.5) is 5.69 Å². The Labute approximate surface area is 164 Å². The van der Waals surface area contributed by atoms with Crippen LogP contribution in [0, 0.1) is 11.7 Å². The molecule has 134 valence electrons. The van der Waals surface area contributed by atoms with E-state index in [2.05, 4.69) is 20.9 Å². The summed E-state index contributed by atoms with van der Waals surface area (Å²) < 4.78 is 2.84. The summed E-state index contributed by atoms with van der Waals surface area (Å²) in [5.41, 5.74) is 2.74. The van der Waals surface area contributed by atoms with Crippen molar-refractivity contribution >= 4 is 50.6 Å². The van der Waals surface area contributed by atoms with Crippen LogP contribution in [0.2, 0.25) is 0 Å². The van der Waals surface area contributed by atoms with Crippen molar-refractivity contribution in [2.24, 2.45) is 0 Å². The first-order valence-electron chi connectivity index (χ1n) is 8.14. The Morgan fingerprint density at radius 1 is 1.27 bits per heavy atom. The second-order valence-electron chi connectivity index (χ2n) is 6.04. The lowest BCUT2D eigenvalue weighted by molar-refractivity contribution is 0.0993. The summed E-state index contributed by atoms with van der Waals surface area (Å²) in [4.78, 5) is 30.0. The van der Waals surface area contributed by atoms with Crippen LogP contribution in [0.1, 0.15) is 22.8 Å². The van der Waals surface area contributed by atoms with Gasteiger partial charge in [-0.1, -0.05) is 15.9 Å². The molecule has 0 aliphatic heterocycles. The largest absolute Gasteiger partial charge is 0.332 e. The highest BCUT2D eigenvalue weighted by Crippen LogP contribution is 2.23. The fourth-order valence-corrected chi connectivity index (χ4v) is 3.39. The van der Waals surface area contributed by atoms with Crippen molar-refractivity contribution in [3.8, 4) is 0 Å². The Balaban J connectivity index is 2.04. The van der Waals surface area contributed by atoms with Crippen LogP contribution in [0.25, 0.3) is 10.9 Å². The summed E-state index contributed by atoms with van der Waals surface area (Å²) in [6, 6.07) is 10.8. The quantitative estimate of drug-likeness (QED) is 0.624. The number of aromatic amines is 1. The standard InChI is InChI=1S/C19H18BrN3O2S/c1-4-23-18(25)14-7-5-12(10-16(14)21-19(23)26)17(24)22(3)13-6-8-15(20)11(2)9-13/h5-10H,4H2,1-3H3,(H,21,26). The average molecular weight is 432 g/mol. The van der Waals surface area contributed by atoms with Crippen LogP contribution in [-0.2, 0) is 6.54 Å². The Morgan fingerprint density at radius 2 is 2.00 bits per heavy atom. The number of amides is 1. The maximum atomic E-state index is 12.9. The van der Waals surface area contributed by atoms with Gasteiger partial charge in [-0.25, -0.2) is 0 Å². The van der Waals surface area contributed by atoms with Gasteiger partial charge in [0.05, 0.1) is 10.9 Å². The highest BCUT2D eigenvalue weighted by molar-refractivity contribution is 9.10. The maximum absolute atomic E-state index is 12.9. The van der Waals surface area contributed by atoms with E-state index >= 15 is 0 Å². The Bertz CT molecular complexity index is 1130. The number of anilines is 1. The lowest BCUT2D eigenvalue weighted by atomic mass is 10.1. The molecule has 3 rings (SSSR count). The van der Waals surface area contributed by atoms with E-state index in [1.54, 1.807) is 30.1 Å². The number of H-pyrrole nitrogens is 1. The number of carbonyl (C=O) groups is 1. The number of rotatable bonds is 3. The molecule has 0 fully saturated rings. The van der Waals surface area contributed by atoms with Gasteiger partial charge in [-0.15, -0.1) is 0 Å². The number of aromatic nitrogens is 2. The van der Waals surface area contributed by atoms with E-state index in [1.165, 1.54) is 4.57 Å². The van der Waals surface area contributed by atoms with E-state index < -0.39 is 0 Å². The van der Waals surface area contributed by atoms with Gasteiger partial charge >= 0.3 is 0 Å². The first-order chi connectivity index (χ1) is 12.3. The summed E-state index contributed by atoms with van der Waals surface area (Å²) in [7, 11) is 1.73. The van der Waals surface area contributed by atoms with E-state index in [9.17, 15) is 9.59 Å². The Kier molecular flexibility index (Phi) is 5.11. The topological polar surface area (TPSA) is 58.1 Å². The summed E-state index contributed by atoms with van der Waals surface area (Å²) in [5, 5.41) is 0.513. The average Bonchev–Trinajstić information content (AvgIpc) is 2.62. The monoisotopic (exact) mass is 431 g/mol. The van der Waals surface area contributed by atoms with Crippen molar-refractivity contribution in [1.29, 1.82) is 0 Å². The maximum Gasteiger partial charge on any atom is 0.262 e. The molecule has 0 radical (unpaired) electrons. The fraction of sp³-hybridized carbons (Fsp3) is 0.211. The zero-order chi connectivity index (χ0) is 19.0.